The molecule has 1 aliphatic heterocycles. The van der Waals surface area contributed by atoms with Crippen LogP contribution in [0.15, 0.2) is 41.3 Å². The van der Waals surface area contributed by atoms with Crippen LogP contribution < -0.4 is 11.1 Å². The number of sulfone groups is 1. The molecule has 0 unspecified atom stereocenters. The number of hydrogen-bond donors (Lipinski definition) is 2. The van der Waals surface area contributed by atoms with Crippen molar-refractivity contribution in [3.63, 3.8) is 0 Å². The molecule has 1 amide bonds. The van der Waals surface area contributed by atoms with Gasteiger partial charge in [-0.05, 0) is 66.9 Å². The Morgan fingerprint density at radius 3 is 2.56 bits per heavy atom. The number of nitrogens with one attached hydrogen (secondary N) is 1. The van der Waals surface area contributed by atoms with E-state index in [2.05, 4.69) is 5.32 Å². The first-order valence-corrected chi connectivity index (χ1v) is 12.9. The van der Waals surface area contributed by atoms with E-state index < -0.39 is 27.5 Å². The zero-order valence-corrected chi connectivity index (χ0v) is 20.2. The second-order valence-electron chi connectivity index (χ2n) is 8.33. The molecule has 1 aliphatic rings. The third kappa shape index (κ3) is 6.29. The average Bonchev–Trinajstić information content (AvgIpc) is 3.24. The number of rotatable bonds is 8. The van der Waals surface area contributed by atoms with Crippen LogP contribution in [0.5, 0.6) is 0 Å². The van der Waals surface area contributed by atoms with Crippen molar-refractivity contribution in [3.8, 4) is 0 Å². The minimum absolute atomic E-state index is 0.0208. The van der Waals surface area contributed by atoms with Gasteiger partial charge in [-0.15, -0.1) is 0 Å². The number of carbonyl (C=O) groups is 1. The Labute approximate surface area is 202 Å². The Kier molecular flexibility index (Phi) is 8.28. The predicted molar refractivity (Wildman–Crippen MR) is 124 cm³/mol. The molecule has 1 fully saturated rings. The summed E-state index contributed by atoms with van der Waals surface area (Å²) in [5.74, 6) is -0.622. The number of nitrogens with two attached hydrogens (primary N) is 1. The van der Waals surface area contributed by atoms with Crippen molar-refractivity contribution in [2.24, 2.45) is 11.7 Å². The molecule has 34 heavy (non-hydrogen) atoms. The number of amides is 1. The third-order valence-electron chi connectivity index (χ3n) is 5.95. The summed E-state index contributed by atoms with van der Waals surface area (Å²) < 4.78 is 66.0. The second-order valence-corrected chi connectivity index (χ2v) is 11.0. The first kappa shape index (κ1) is 26.5. The predicted octanol–water partition coefficient (Wildman–Crippen LogP) is 3.86. The van der Waals surface area contributed by atoms with Crippen LogP contribution in [-0.2, 0) is 29.1 Å². The number of carbonyl (C=O) groups excluding carboxylic acids is 1. The van der Waals surface area contributed by atoms with E-state index in [1.807, 2.05) is 4.90 Å². The van der Waals surface area contributed by atoms with Crippen LogP contribution in [0, 0.1) is 5.92 Å². The Bertz CT molecular complexity index is 1160. The van der Waals surface area contributed by atoms with Gasteiger partial charge in [-0.25, -0.2) is 8.42 Å². The van der Waals surface area contributed by atoms with E-state index in [1.54, 1.807) is 0 Å². The fraction of sp³-hybridized carbons (Fsp3) is 0.435. The molecule has 6 nitrogen and oxygen atoms in total. The highest BCUT2D eigenvalue weighted by Gasteiger charge is 2.35. The topological polar surface area (TPSA) is 92.5 Å². The van der Waals surface area contributed by atoms with Gasteiger partial charge in [0.15, 0.2) is 9.84 Å². The monoisotopic (exact) mass is 517 g/mol. The van der Waals surface area contributed by atoms with Crippen molar-refractivity contribution in [3.05, 3.63) is 63.7 Å². The average molecular weight is 518 g/mol. The lowest BCUT2D eigenvalue weighted by molar-refractivity contribution is -0.138. The molecule has 3 rings (SSSR count). The first-order chi connectivity index (χ1) is 15.9. The van der Waals surface area contributed by atoms with Gasteiger partial charge in [-0.3, -0.25) is 9.69 Å². The lowest BCUT2D eigenvalue weighted by Crippen LogP contribution is -2.26. The van der Waals surface area contributed by atoms with Gasteiger partial charge in [0.05, 0.1) is 16.2 Å². The molecule has 1 heterocycles. The van der Waals surface area contributed by atoms with Crippen molar-refractivity contribution < 1.29 is 26.4 Å². The van der Waals surface area contributed by atoms with E-state index in [-0.39, 0.29) is 51.4 Å². The van der Waals surface area contributed by atoms with Gasteiger partial charge < -0.3 is 11.1 Å². The van der Waals surface area contributed by atoms with Gasteiger partial charge in [0.1, 0.15) is 0 Å². The van der Waals surface area contributed by atoms with Gasteiger partial charge in [0.25, 0.3) is 5.91 Å². The molecule has 0 aromatic heterocycles. The van der Waals surface area contributed by atoms with Crippen molar-refractivity contribution in [1.82, 2.24) is 10.2 Å². The van der Waals surface area contributed by atoms with E-state index in [9.17, 15) is 26.4 Å². The smallest absolute Gasteiger partial charge is 0.348 e. The summed E-state index contributed by atoms with van der Waals surface area (Å²) in [6.07, 6.45) is -3.79. The summed E-state index contributed by atoms with van der Waals surface area (Å²) in [6.45, 7) is 3.21. The number of hydrogen-bond acceptors (Lipinski definition) is 5. The lowest BCUT2D eigenvalue weighted by atomic mass is 10.0. The molecule has 1 saturated heterocycles. The summed E-state index contributed by atoms with van der Waals surface area (Å²) in [5.41, 5.74) is 4.99. The molecule has 11 heteroatoms. The molecule has 186 valence electrons. The molecule has 2 aromatic rings. The third-order valence-corrected chi connectivity index (χ3v) is 8.02. The fourth-order valence-electron chi connectivity index (χ4n) is 4.03. The second kappa shape index (κ2) is 10.6. The van der Waals surface area contributed by atoms with E-state index in [4.69, 9.17) is 17.3 Å². The zero-order valence-electron chi connectivity index (χ0n) is 18.7. The Hall–Kier alpha value is -2.14. The van der Waals surface area contributed by atoms with Gasteiger partial charge in [-0.2, -0.15) is 13.2 Å². The highest BCUT2D eigenvalue weighted by Crippen LogP contribution is 2.34. The summed E-state index contributed by atoms with van der Waals surface area (Å²) in [6, 6.07) is 7.70. The Morgan fingerprint density at radius 2 is 1.94 bits per heavy atom. The minimum Gasteiger partial charge on any atom is -0.348 e. The van der Waals surface area contributed by atoms with Gasteiger partial charge >= 0.3 is 6.18 Å². The first-order valence-electron chi connectivity index (χ1n) is 10.9. The molecule has 2 aromatic carbocycles. The lowest BCUT2D eigenvalue weighted by Gasteiger charge is -2.20. The van der Waals surface area contributed by atoms with Crippen molar-refractivity contribution in [1.29, 1.82) is 0 Å². The van der Waals surface area contributed by atoms with Crippen LogP contribution in [0.25, 0.3) is 0 Å². The molecule has 0 bridgehead atoms. The SMILES string of the molecule is CCS(=O)(=O)c1ccc(Cl)cc1CNC(=O)c1ccc(CN2CC[C@@H](CN)C2)c(C(F)(F)F)c1. The van der Waals surface area contributed by atoms with Gasteiger partial charge in [0.2, 0.25) is 0 Å². The molecule has 0 radical (unpaired) electrons. The van der Waals surface area contributed by atoms with Crippen LogP contribution in [0.3, 0.4) is 0 Å². The zero-order chi connectivity index (χ0) is 25.1. The maximum Gasteiger partial charge on any atom is 0.416 e. The van der Waals surface area contributed by atoms with E-state index >= 15 is 0 Å². The van der Waals surface area contributed by atoms with Crippen molar-refractivity contribution >= 4 is 27.3 Å². The van der Waals surface area contributed by atoms with Crippen LogP contribution in [0.4, 0.5) is 13.2 Å². The summed E-state index contributed by atoms with van der Waals surface area (Å²) in [4.78, 5) is 14.6. The summed E-state index contributed by atoms with van der Waals surface area (Å²) in [7, 11) is -3.58. The van der Waals surface area contributed by atoms with E-state index in [0.717, 1.165) is 12.5 Å². The van der Waals surface area contributed by atoms with Crippen molar-refractivity contribution in [2.45, 2.75) is 37.5 Å². The van der Waals surface area contributed by atoms with Crippen LogP contribution in [-0.4, -0.2) is 44.6 Å². The Balaban J connectivity index is 1.80. The van der Waals surface area contributed by atoms with Crippen molar-refractivity contribution in [2.75, 3.05) is 25.4 Å². The number of likely N-dealkylation sites (tertiary alicyclic amines) is 1. The van der Waals surface area contributed by atoms with Gasteiger partial charge in [-0.1, -0.05) is 24.6 Å². The number of halogens is 4. The maximum absolute atomic E-state index is 13.8. The molecular formula is C23H27ClF3N3O3S. The largest absolute Gasteiger partial charge is 0.416 e. The standard InChI is InChI=1S/C23H27ClF3N3O3S/c1-2-34(32,33)21-6-5-19(24)9-18(21)12-29-22(31)16-3-4-17(20(10-16)23(25,26)27)14-30-8-7-15(11-28)13-30/h3-6,9-10,15H,2,7-8,11-14,28H2,1H3,(H,29,31)/t15-/m0/s1. The number of alkyl halides is 3. The maximum atomic E-state index is 13.8. The highest BCUT2D eigenvalue weighted by molar-refractivity contribution is 7.91. The summed E-state index contributed by atoms with van der Waals surface area (Å²) >= 11 is 5.98. The fourth-order valence-corrected chi connectivity index (χ4v) is 5.34. The highest BCUT2D eigenvalue weighted by atomic mass is 35.5. The molecule has 0 saturated carbocycles. The van der Waals surface area contributed by atoms with E-state index in [1.165, 1.54) is 37.3 Å². The molecule has 3 N–H and O–H groups in total. The minimum atomic E-state index is -4.63. The number of nitrogens with zero attached hydrogens (tertiary/aromatic N) is 1. The Morgan fingerprint density at radius 1 is 1.21 bits per heavy atom. The molecule has 0 spiro atoms. The molecule has 1 atom stereocenters. The normalized spacial score (nSPS) is 17.2. The summed E-state index contributed by atoms with van der Waals surface area (Å²) in [5, 5.41) is 2.79. The van der Waals surface area contributed by atoms with Gasteiger partial charge in [0, 0.05) is 30.2 Å². The quantitative estimate of drug-likeness (QED) is 0.554. The van der Waals surface area contributed by atoms with Crippen LogP contribution in [0.2, 0.25) is 5.02 Å². The molecule has 0 aliphatic carbocycles. The van der Waals surface area contributed by atoms with Crippen LogP contribution >= 0.6 is 11.6 Å². The molecular weight excluding hydrogens is 491 g/mol. The van der Waals surface area contributed by atoms with E-state index in [0.29, 0.717) is 19.6 Å². The number of benzene rings is 2. The van der Waals surface area contributed by atoms with Crippen LogP contribution in [0.1, 0.15) is 40.4 Å².